The molecule has 0 aliphatic rings. The van der Waals surface area contributed by atoms with Crippen molar-refractivity contribution in [2.24, 2.45) is 5.92 Å². The zero-order valence-electron chi connectivity index (χ0n) is 23.6. The van der Waals surface area contributed by atoms with Gasteiger partial charge in [-0.3, -0.25) is 4.79 Å². The van der Waals surface area contributed by atoms with Gasteiger partial charge in [0.15, 0.2) is 0 Å². The second kappa shape index (κ2) is 14.8. The predicted octanol–water partition coefficient (Wildman–Crippen LogP) is 5.14. The number of esters is 1. The second-order valence-corrected chi connectivity index (χ2v) is 9.93. The summed E-state index contributed by atoms with van der Waals surface area (Å²) in [4.78, 5) is 39.6. The maximum atomic E-state index is 13.3. The lowest BCUT2D eigenvalue weighted by Gasteiger charge is -2.33. The molecule has 40 heavy (non-hydrogen) atoms. The quantitative estimate of drug-likeness (QED) is 0.226. The van der Waals surface area contributed by atoms with Crippen LogP contribution in [0.4, 0.5) is 4.79 Å². The van der Waals surface area contributed by atoms with Gasteiger partial charge in [-0.15, -0.1) is 10.2 Å². The number of hydrogen-bond donors (Lipinski definition) is 1. The topological polar surface area (TPSA) is 137 Å². The van der Waals surface area contributed by atoms with Gasteiger partial charge in [0.05, 0.1) is 6.10 Å². The number of rotatable bonds is 13. The zero-order valence-corrected chi connectivity index (χ0v) is 23.6. The number of nitrogens with one attached hydrogen (secondary N) is 1. The fourth-order valence-electron chi connectivity index (χ4n) is 4.21. The van der Waals surface area contributed by atoms with Crippen LogP contribution in [0.1, 0.15) is 59.4 Å². The molecular weight excluding hydrogens is 514 g/mol. The van der Waals surface area contributed by atoms with Crippen molar-refractivity contribution in [2.45, 2.75) is 72.6 Å². The molecule has 1 heterocycles. The van der Waals surface area contributed by atoms with Gasteiger partial charge < -0.3 is 19.1 Å². The van der Waals surface area contributed by atoms with E-state index in [0.717, 1.165) is 28.7 Å². The van der Waals surface area contributed by atoms with Gasteiger partial charge in [0.1, 0.15) is 6.04 Å². The number of carbonyl (C=O) groups is 3. The molecule has 1 aromatic heterocycles. The van der Waals surface area contributed by atoms with Crippen molar-refractivity contribution in [2.75, 3.05) is 6.79 Å². The van der Waals surface area contributed by atoms with Crippen LogP contribution in [-0.2, 0) is 30.3 Å². The van der Waals surface area contributed by atoms with Crippen molar-refractivity contribution in [3.8, 4) is 22.5 Å². The number of H-pyrrole nitrogens is 1. The third-order valence-corrected chi connectivity index (χ3v) is 6.11. The average molecular weight is 552 g/mol. The van der Waals surface area contributed by atoms with Gasteiger partial charge in [-0.05, 0) is 48.1 Å². The third-order valence-electron chi connectivity index (χ3n) is 6.11. The number of aromatic nitrogens is 4. The summed E-state index contributed by atoms with van der Waals surface area (Å²) in [6, 6.07) is 14.6. The van der Waals surface area contributed by atoms with Crippen LogP contribution in [0.3, 0.4) is 0 Å². The lowest BCUT2D eigenvalue weighted by atomic mass is 9.97. The van der Waals surface area contributed by atoms with E-state index in [1.165, 1.54) is 0 Å². The smallest absolute Gasteiger partial charge is 0.431 e. The molecular formula is C29H37N5O6. The molecule has 0 spiro atoms. The lowest BCUT2D eigenvalue weighted by molar-refractivity contribution is -0.166. The normalized spacial score (nSPS) is 11.8. The van der Waals surface area contributed by atoms with Crippen molar-refractivity contribution in [1.29, 1.82) is 0 Å². The molecule has 0 aliphatic heterocycles. The molecule has 3 rings (SSSR count). The van der Waals surface area contributed by atoms with Crippen LogP contribution in [0.15, 0.2) is 48.5 Å². The van der Waals surface area contributed by atoms with Gasteiger partial charge in [0.2, 0.25) is 18.5 Å². The molecule has 3 aromatic rings. The largest absolute Gasteiger partial charge is 0.511 e. The molecule has 1 N–H and O–H groups in total. The Bertz CT molecular complexity index is 1240. The summed E-state index contributed by atoms with van der Waals surface area (Å²) in [5.74, 6) is -0.555. The van der Waals surface area contributed by atoms with Crippen molar-refractivity contribution < 1.29 is 28.6 Å². The van der Waals surface area contributed by atoms with Gasteiger partial charge in [0.25, 0.3) is 0 Å². The highest BCUT2D eigenvalue weighted by molar-refractivity contribution is 5.85. The maximum Gasteiger partial charge on any atom is 0.511 e. The van der Waals surface area contributed by atoms with E-state index in [2.05, 4.69) is 20.6 Å². The van der Waals surface area contributed by atoms with E-state index in [9.17, 15) is 14.4 Å². The summed E-state index contributed by atoms with van der Waals surface area (Å²) in [7, 11) is 0. The fourth-order valence-corrected chi connectivity index (χ4v) is 4.21. The van der Waals surface area contributed by atoms with Crippen LogP contribution in [0, 0.1) is 5.92 Å². The molecule has 1 amide bonds. The van der Waals surface area contributed by atoms with E-state index in [-0.39, 0.29) is 24.5 Å². The Morgan fingerprint density at radius 2 is 1.65 bits per heavy atom. The number of ether oxygens (including phenoxy) is 3. The lowest BCUT2D eigenvalue weighted by Crippen LogP contribution is -2.48. The number of unbranched alkanes of at least 4 members (excludes halogenated alkanes) is 1. The summed E-state index contributed by atoms with van der Waals surface area (Å²) in [6.07, 6.45) is 0.556. The van der Waals surface area contributed by atoms with Gasteiger partial charge in [-0.2, -0.15) is 5.21 Å². The molecule has 214 valence electrons. The molecule has 0 radical (unpaired) electrons. The Labute approximate surface area is 234 Å². The first kappa shape index (κ1) is 30.3. The fraction of sp³-hybridized carbons (Fsp3) is 0.448. The highest BCUT2D eigenvalue weighted by atomic mass is 16.8. The zero-order chi connectivity index (χ0) is 29.1. The van der Waals surface area contributed by atoms with Crippen LogP contribution < -0.4 is 0 Å². The Kier molecular flexibility index (Phi) is 11.2. The molecule has 0 saturated heterocycles. The molecule has 0 bridgehead atoms. The van der Waals surface area contributed by atoms with E-state index in [4.69, 9.17) is 14.2 Å². The van der Waals surface area contributed by atoms with Crippen molar-refractivity contribution in [1.82, 2.24) is 25.5 Å². The second-order valence-electron chi connectivity index (χ2n) is 9.93. The maximum absolute atomic E-state index is 13.3. The number of carbonyl (C=O) groups excluding carboxylic acids is 3. The Morgan fingerprint density at radius 1 is 0.950 bits per heavy atom. The van der Waals surface area contributed by atoms with Crippen LogP contribution in [0.25, 0.3) is 22.5 Å². The summed E-state index contributed by atoms with van der Waals surface area (Å²) in [6.45, 7) is 8.67. The molecule has 0 saturated carbocycles. The number of aromatic amines is 1. The van der Waals surface area contributed by atoms with Crippen LogP contribution in [-0.4, -0.2) is 62.5 Å². The van der Waals surface area contributed by atoms with Gasteiger partial charge in [0, 0.05) is 18.5 Å². The summed E-state index contributed by atoms with van der Waals surface area (Å²) in [5, 5.41) is 14.3. The standard InChI is InChI=1S/C29H37N5O6/c1-6-7-12-25(35)34(26(19(2)3)28(36)38-18-39-29(37)40-20(4)5)17-21-13-15-22(16-14-21)23-10-8-9-11-24(23)27-30-32-33-31-27/h8-11,13-16,19-20,26H,6-7,12,17-18H2,1-5H3,(H,30,31,32,33)/t26-/m0/s1. The van der Waals surface area contributed by atoms with Crippen molar-refractivity contribution >= 4 is 18.0 Å². The summed E-state index contributed by atoms with van der Waals surface area (Å²) < 4.78 is 15.0. The minimum absolute atomic E-state index is 0.149. The van der Waals surface area contributed by atoms with Crippen molar-refractivity contribution in [3.63, 3.8) is 0 Å². The van der Waals surface area contributed by atoms with E-state index in [1.54, 1.807) is 18.7 Å². The number of amides is 1. The molecule has 2 aromatic carbocycles. The average Bonchev–Trinajstić information content (AvgIpc) is 3.46. The van der Waals surface area contributed by atoms with Gasteiger partial charge >= 0.3 is 12.1 Å². The monoisotopic (exact) mass is 551 g/mol. The molecule has 11 heteroatoms. The SMILES string of the molecule is CCCCC(=O)N(Cc1ccc(-c2ccccc2-c2nn[nH]n2)cc1)[C@H](C(=O)OCOC(=O)OC(C)C)C(C)C. The van der Waals surface area contributed by atoms with E-state index in [0.29, 0.717) is 18.7 Å². The van der Waals surface area contributed by atoms with Crippen LogP contribution in [0.5, 0.6) is 0 Å². The highest BCUT2D eigenvalue weighted by Gasteiger charge is 2.34. The van der Waals surface area contributed by atoms with E-state index in [1.807, 2.05) is 69.3 Å². The number of hydrogen-bond acceptors (Lipinski definition) is 9. The number of benzene rings is 2. The first-order valence-electron chi connectivity index (χ1n) is 13.4. The van der Waals surface area contributed by atoms with Gasteiger partial charge in [-0.25, -0.2) is 9.59 Å². The Morgan fingerprint density at radius 3 is 2.25 bits per heavy atom. The predicted molar refractivity (Wildman–Crippen MR) is 147 cm³/mol. The number of nitrogens with zero attached hydrogens (tertiary/aromatic N) is 4. The summed E-state index contributed by atoms with van der Waals surface area (Å²) >= 11 is 0. The molecule has 0 unspecified atom stereocenters. The number of tetrazole rings is 1. The highest BCUT2D eigenvalue weighted by Crippen LogP contribution is 2.30. The molecule has 11 nitrogen and oxygen atoms in total. The minimum Gasteiger partial charge on any atom is -0.431 e. The molecule has 0 fully saturated rings. The van der Waals surface area contributed by atoms with Crippen LogP contribution in [0.2, 0.25) is 0 Å². The summed E-state index contributed by atoms with van der Waals surface area (Å²) in [5.41, 5.74) is 3.56. The van der Waals surface area contributed by atoms with Crippen molar-refractivity contribution in [3.05, 3.63) is 54.1 Å². The van der Waals surface area contributed by atoms with Crippen LogP contribution >= 0.6 is 0 Å². The van der Waals surface area contributed by atoms with Gasteiger partial charge in [-0.1, -0.05) is 75.7 Å². The molecule has 1 atom stereocenters. The Balaban J connectivity index is 1.80. The van der Waals surface area contributed by atoms with E-state index < -0.39 is 25.0 Å². The first-order valence-corrected chi connectivity index (χ1v) is 13.4. The minimum atomic E-state index is -0.930. The third kappa shape index (κ3) is 8.36. The molecule has 0 aliphatic carbocycles. The van der Waals surface area contributed by atoms with E-state index >= 15 is 0 Å². The first-order chi connectivity index (χ1) is 19.2. The Hall–Kier alpha value is -4.28.